The molecule has 0 aliphatic rings. The van der Waals surface area contributed by atoms with Crippen LogP contribution < -0.4 is 4.74 Å². The third-order valence-corrected chi connectivity index (χ3v) is 3.07. The second kappa shape index (κ2) is 7.07. The van der Waals surface area contributed by atoms with Crippen LogP contribution in [0, 0.1) is 0 Å². The van der Waals surface area contributed by atoms with Crippen molar-refractivity contribution in [2.24, 2.45) is 0 Å². The Morgan fingerprint density at radius 3 is 2.60 bits per heavy atom. The molecule has 2 rings (SSSR count). The summed E-state index contributed by atoms with van der Waals surface area (Å²) >= 11 is 3.23. The molecule has 0 aromatic heterocycles. The number of hydrogen-bond donors (Lipinski definition) is 1. The fourth-order valence-corrected chi connectivity index (χ4v) is 2.00. The number of ether oxygens (including phenoxy) is 2. The van der Waals surface area contributed by atoms with Gasteiger partial charge in [-0.2, -0.15) is 0 Å². The van der Waals surface area contributed by atoms with E-state index in [-0.39, 0.29) is 18.1 Å². The number of carboxylic acids is 1. The van der Waals surface area contributed by atoms with Gasteiger partial charge in [0.05, 0.1) is 6.61 Å². The molecule has 104 valence electrons. The molecule has 20 heavy (non-hydrogen) atoms. The van der Waals surface area contributed by atoms with Gasteiger partial charge in [-0.15, -0.1) is 0 Å². The summed E-state index contributed by atoms with van der Waals surface area (Å²) in [5.41, 5.74) is 1.13. The molecule has 0 fully saturated rings. The number of rotatable bonds is 6. The van der Waals surface area contributed by atoms with Crippen LogP contribution >= 0.6 is 15.9 Å². The van der Waals surface area contributed by atoms with Crippen molar-refractivity contribution < 1.29 is 19.4 Å². The predicted molar refractivity (Wildman–Crippen MR) is 77.8 cm³/mol. The van der Waals surface area contributed by atoms with E-state index in [2.05, 4.69) is 15.9 Å². The van der Waals surface area contributed by atoms with Gasteiger partial charge in [0.1, 0.15) is 11.3 Å². The molecule has 2 aromatic carbocycles. The summed E-state index contributed by atoms with van der Waals surface area (Å²) in [5, 5.41) is 9.08. The minimum absolute atomic E-state index is 0.00317. The number of halogens is 1. The van der Waals surface area contributed by atoms with E-state index in [1.54, 1.807) is 12.1 Å². The van der Waals surface area contributed by atoms with Gasteiger partial charge in [0.15, 0.2) is 6.79 Å². The zero-order chi connectivity index (χ0) is 14.4. The molecule has 5 heteroatoms. The summed E-state index contributed by atoms with van der Waals surface area (Å²) < 4.78 is 11.4. The highest BCUT2D eigenvalue weighted by Gasteiger charge is 2.11. The van der Waals surface area contributed by atoms with Crippen LogP contribution in [-0.2, 0) is 11.3 Å². The van der Waals surface area contributed by atoms with Crippen molar-refractivity contribution in [1.82, 2.24) is 0 Å². The molecule has 0 saturated carbocycles. The van der Waals surface area contributed by atoms with E-state index in [4.69, 9.17) is 14.6 Å². The summed E-state index contributed by atoms with van der Waals surface area (Å²) in [6.45, 7) is 0.413. The Morgan fingerprint density at radius 2 is 1.90 bits per heavy atom. The van der Waals surface area contributed by atoms with Crippen LogP contribution in [0.5, 0.6) is 5.75 Å². The zero-order valence-electron chi connectivity index (χ0n) is 10.6. The lowest BCUT2D eigenvalue weighted by molar-refractivity contribution is 0.00431. The lowest BCUT2D eigenvalue weighted by atomic mass is 10.2. The highest BCUT2D eigenvalue weighted by molar-refractivity contribution is 9.10. The lowest BCUT2D eigenvalue weighted by Gasteiger charge is -2.10. The molecule has 0 spiro atoms. The molecule has 0 atom stereocenters. The molecule has 0 heterocycles. The van der Waals surface area contributed by atoms with Crippen molar-refractivity contribution in [3.05, 3.63) is 64.1 Å². The van der Waals surface area contributed by atoms with Gasteiger partial charge in [0.25, 0.3) is 0 Å². The summed E-state index contributed by atoms with van der Waals surface area (Å²) in [5.74, 6) is -0.752. The fraction of sp³-hybridized carbons (Fsp3) is 0.133. The number of benzene rings is 2. The SMILES string of the molecule is O=C(O)c1cc(Br)ccc1OCOCc1ccccc1. The Labute approximate surface area is 125 Å². The van der Waals surface area contributed by atoms with Crippen molar-refractivity contribution in [1.29, 1.82) is 0 Å². The van der Waals surface area contributed by atoms with Crippen LogP contribution in [0.3, 0.4) is 0 Å². The Hall–Kier alpha value is -1.85. The Bertz CT molecular complexity index is 584. The normalized spacial score (nSPS) is 10.2. The molecule has 2 aromatic rings. The Morgan fingerprint density at radius 1 is 1.15 bits per heavy atom. The standard InChI is InChI=1S/C15H13BrO4/c16-12-6-7-14(13(8-12)15(17)18)20-10-19-9-11-4-2-1-3-5-11/h1-8H,9-10H2,(H,17,18). The van der Waals surface area contributed by atoms with E-state index < -0.39 is 5.97 Å². The zero-order valence-corrected chi connectivity index (χ0v) is 12.2. The highest BCUT2D eigenvalue weighted by atomic mass is 79.9. The Kier molecular flexibility index (Phi) is 5.15. The first-order valence-electron chi connectivity index (χ1n) is 5.94. The van der Waals surface area contributed by atoms with Gasteiger partial charge in [0, 0.05) is 4.47 Å². The monoisotopic (exact) mass is 336 g/mol. The molecule has 1 N–H and O–H groups in total. The average Bonchev–Trinajstić information content (AvgIpc) is 2.45. The van der Waals surface area contributed by atoms with Gasteiger partial charge < -0.3 is 14.6 Å². The van der Waals surface area contributed by atoms with Crippen LogP contribution in [-0.4, -0.2) is 17.9 Å². The maximum absolute atomic E-state index is 11.1. The predicted octanol–water partition coefficient (Wildman–Crippen LogP) is 3.70. The average molecular weight is 337 g/mol. The number of carbonyl (C=O) groups is 1. The van der Waals surface area contributed by atoms with E-state index in [1.165, 1.54) is 6.07 Å². The fourth-order valence-electron chi connectivity index (χ4n) is 1.63. The molecule has 0 unspecified atom stereocenters. The van der Waals surface area contributed by atoms with Crippen molar-refractivity contribution >= 4 is 21.9 Å². The number of hydrogen-bond acceptors (Lipinski definition) is 3. The van der Waals surface area contributed by atoms with E-state index in [0.29, 0.717) is 11.1 Å². The number of carboxylic acid groups (broad SMARTS) is 1. The summed E-state index contributed by atoms with van der Waals surface area (Å²) in [6, 6.07) is 14.5. The van der Waals surface area contributed by atoms with E-state index in [0.717, 1.165) is 5.56 Å². The van der Waals surface area contributed by atoms with Gasteiger partial charge in [-0.05, 0) is 23.8 Å². The number of aromatic carboxylic acids is 1. The van der Waals surface area contributed by atoms with Gasteiger partial charge in [-0.1, -0.05) is 46.3 Å². The maximum Gasteiger partial charge on any atom is 0.339 e. The molecule has 0 amide bonds. The van der Waals surface area contributed by atoms with Crippen molar-refractivity contribution in [3.63, 3.8) is 0 Å². The first-order chi connectivity index (χ1) is 9.66. The minimum atomic E-state index is -1.04. The van der Waals surface area contributed by atoms with E-state index in [1.807, 2.05) is 30.3 Å². The molecular formula is C15H13BrO4. The second-order valence-electron chi connectivity index (χ2n) is 4.04. The smallest absolute Gasteiger partial charge is 0.339 e. The van der Waals surface area contributed by atoms with Gasteiger partial charge in [-0.25, -0.2) is 4.79 Å². The summed E-state index contributed by atoms with van der Waals surface area (Å²) in [6.07, 6.45) is 0. The first kappa shape index (κ1) is 14.6. The highest BCUT2D eigenvalue weighted by Crippen LogP contribution is 2.23. The second-order valence-corrected chi connectivity index (χ2v) is 4.96. The molecule has 0 aliphatic heterocycles. The third-order valence-electron chi connectivity index (χ3n) is 2.58. The van der Waals surface area contributed by atoms with E-state index in [9.17, 15) is 4.79 Å². The Balaban J connectivity index is 1.90. The van der Waals surface area contributed by atoms with Crippen molar-refractivity contribution in [3.8, 4) is 5.75 Å². The van der Waals surface area contributed by atoms with Crippen LogP contribution in [0.25, 0.3) is 0 Å². The molecule has 4 nitrogen and oxygen atoms in total. The van der Waals surface area contributed by atoms with Crippen LogP contribution in [0.2, 0.25) is 0 Å². The maximum atomic E-state index is 11.1. The largest absolute Gasteiger partial charge is 0.478 e. The van der Waals surface area contributed by atoms with Crippen molar-refractivity contribution in [2.45, 2.75) is 6.61 Å². The minimum Gasteiger partial charge on any atom is -0.478 e. The molecule has 0 radical (unpaired) electrons. The van der Waals surface area contributed by atoms with Crippen LogP contribution in [0.1, 0.15) is 15.9 Å². The topological polar surface area (TPSA) is 55.8 Å². The van der Waals surface area contributed by atoms with Crippen LogP contribution in [0.15, 0.2) is 53.0 Å². The molecule has 0 bridgehead atoms. The van der Waals surface area contributed by atoms with E-state index >= 15 is 0 Å². The van der Waals surface area contributed by atoms with Gasteiger partial charge in [-0.3, -0.25) is 0 Å². The first-order valence-corrected chi connectivity index (χ1v) is 6.73. The van der Waals surface area contributed by atoms with Crippen LogP contribution in [0.4, 0.5) is 0 Å². The molecule has 0 saturated heterocycles. The molecule has 0 aliphatic carbocycles. The molecular weight excluding hydrogens is 324 g/mol. The van der Waals surface area contributed by atoms with Crippen molar-refractivity contribution in [2.75, 3.05) is 6.79 Å². The quantitative estimate of drug-likeness (QED) is 0.645. The summed E-state index contributed by atoms with van der Waals surface area (Å²) in [4.78, 5) is 11.1. The lowest BCUT2D eigenvalue weighted by Crippen LogP contribution is -2.07. The van der Waals surface area contributed by atoms with Gasteiger partial charge >= 0.3 is 5.97 Å². The van der Waals surface area contributed by atoms with Gasteiger partial charge in [0.2, 0.25) is 0 Å². The third kappa shape index (κ3) is 4.08. The summed E-state index contributed by atoms with van der Waals surface area (Å²) in [7, 11) is 0.